The second-order valence-electron chi connectivity index (χ2n) is 6.70. The Bertz CT molecular complexity index is 1200. The number of hydrogen-bond donors (Lipinski definition) is 1. The number of anilines is 1. The average Bonchev–Trinajstić information content (AvgIpc) is 2.72. The number of halogens is 2. The van der Waals surface area contributed by atoms with E-state index in [1.807, 2.05) is 0 Å². The molecular weight excluding hydrogens is 457 g/mol. The van der Waals surface area contributed by atoms with Crippen molar-refractivity contribution in [3.05, 3.63) is 99.5 Å². The van der Waals surface area contributed by atoms with E-state index in [9.17, 15) is 13.2 Å². The van der Waals surface area contributed by atoms with Gasteiger partial charge in [-0.05, 0) is 59.7 Å². The smallest absolute Gasteiger partial charge is 0.267 e. The van der Waals surface area contributed by atoms with Crippen molar-refractivity contribution in [3.8, 4) is 0 Å². The maximum absolute atomic E-state index is 12.3. The molecule has 0 aliphatic rings. The summed E-state index contributed by atoms with van der Waals surface area (Å²) in [5, 5.41) is 5.06. The second kappa shape index (κ2) is 9.96. The van der Waals surface area contributed by atoms with Gasteiger partial charge >= 0.3 is 0 Å². The summed E-state index contributed by atoms with van der Waals surface area (Å²) < 4.78 is 25.9. The van der Waals surface area contributed by atoms with E-state index in [0.29, 0.717) is 21.3 Å². The number of sulfonamides is 1. The Morgan fingerprint density at radius 2 is 1.68 bits per heavy atom. The van der Waals surface area contributed by atoms with E-state index in [0.717, 1.165) is 17.4 Å². The fraction of sp³-hybridized carbons (Fsp3) is 0.0909. The molecule has 3 rings (SSSR count). The van der Waals surface area contributed by atoms with Crippen LogP contribution in [0.4, 0.5) is 5.69 Å². The van der Waals surface area contributed by atoms with Gasteiger partial charge in [0.2, 0.25) is 10.0 Å². The molecule has 0 radical (unpaired) electrons. The molecular formula is C22H19Cl2N3O3S. The molecule has 0 atom stereocenters. The van der Waals surface area contributed by atoms with E-state index in [1.165, 1.54) is 10.5 Å². The lowest BCUT2D eigenvalue weighted by atomic mass is 10.2. The quantitative estimate of drug-likeness (QED) is 0.396. The molecule has 0 unspecified atom stereocenters. The summed E-state index contributed by atoms with van der Waals surface area (Å²) in [6, 6.07) is 20.2. The molecule has 3 aromatic rings. The largest absolute Gasteiger partial charge is 0.271 e. The third kappa shape index (κ3) is 6.55. The molecule has 0 bridgehead atoms. The highest BCUT2D eigenvalue weighted by atomic mass is 35.5. The van der Waals surface area contributed by atoms with E-state index in [4.69, 9.17) is 23.2 Å². The highest BCUT2D eigenvalue weighted by Crippen LogP contribution is 2.22. The van der Waals surface area contributed by atoms with Crippen molar-refractivity contribution < 1.29 is 13.2 Å². The standard InChI is InChI=1S/C22H19Cl2N3O3S/c1-31(29,30)27(15-16-5-9-19(23)10-6-16)21-11-7-18(8-12-21)22(28)26-25-14-17-3-2-4-20(24)13-17/h2-14H,15H2,1H3,(H,26,28)/b25-14+. The lowest BCUT2D eigenvalue weighted by Gasteiger charge is -2.22. The SMILES string of the molecule is CS(=O)(=O)N(Cc1ccc(Cl)cc1)c1ccc(C(=O)N/N=C/c2cccc(Cl)c2)cc1. The first-order chi connectivity index (χ1) is 14.7. The molecule has 1 amide bonds. The molecule has 0 saturated carbocycles. The summed E-state index contributed by atoms with van der Waals surface area (Å²) in [5.74, 6) is -0.423. The Morgan fingerprint density at radius 3 is 2.29 bits per heavy atom. The van der Waals surface area contributed by atoms with Gasteiger partial charge in [0, 0.05) is 15.6 Å². The Kier molecular flexibility index (Phi) is 7.33. The van der Waals surface area contributed by atoms with Gasteiger partial charge in [-0.2, -0.15) is 5.10 Å². The summed E-state index contributed by atoms with van der Waals surface area (Å²) >= 11 is 11.8. The first kappa shape index (κ1) is 22.8. The molecule has 6 nitrogen and oxygen atoms in total. The van der Waals surface area contributed by atoms with Crippen LogP contribution in [0.1, 0.15) is 21.5 Å². The first-order valence-electron chi connectivity index (χ1n) is 9.13. The van der Waals surface area contributed by atoms with Crippen LogP contribution in [0.3, 0.4) is 0 Å². The predicted octanol–water partition coefficient (Wildman–Crippen LogP) is 4.72. The first-order valence-corrected chi connectivity index (χ1v) is 11.7. The maximum Gasteiger partial charge on any atom is 0.271 e. The number of hydrazone groups is 1. The van der Waals surface area contributed by atoms with Crippen LogP contribution in [0, 0.1) is 0 Å². The van der Waals surface area contributed by atoms with E-state index in [-0.39, 0.29) is 6.54 Å². The number of carbonyl (C=O) groups excluding carboxylic acids is 1. The van der Waals surface area contributed by atoms with Crippen molar-refractivity contribution >= 4 is 51.0 Å². The van der Waals surface area contributed by atoms with Gasteiger partial charge < -0.3 is 0 Å². The summed E-state index contributed by atoms with van der Waals surface area (Å²) in [7, 11) is -3.54. The van der Waals surface area contributed by atoms with Crippen LogP contribution in [-0.4, -0.2) is 26.8 Å². The molecule has 0 spiro atoms. The van der Waals surface area contributed by atoms with Gasteiger partial charge in [0.1, 0.15) is 0 Å². The molecule has 0 saturated heterocycles. The average molecular weight is 476 g/mol. The number of nitrogens with one attached hydrogen (secondary N) is 1. The van der Waals surface area contributed by atoms with Gasteiger partial charge in [0.15, 0.2) is 0 Å². The molecule has 1 N–H and O–H groups in total. The Labute approximate surface area is 191 Å². The summed E-state index contributed by atoms with van der Waals surface area (Å²) in [6.07, 6.45) is 2.61. The summed E-state index contributed by atoms with van der Waals surface area (Å²) in [6.45, 7) is 0.144. The van der Waals surface area contributed by atoms with Crippen molar-refractivity contribution in [1.29, 1.82) is 0 Å². The van der Waals surface area contributed by atoms with Crippen LogP contribution in [0.25, 0.3) is 0 Å². The number of amides is 1. The fourth-order valence-corrected chi connectivity index (χ4v) is 3.96. The van der Waals surface area contributed by atoms with Gasteiger partial charge in [0.25, 0.3) is 5.91 Å². The van der Waals surface area contributed by atoms with Crippen molar-refractivity contribution in [2.75, 3.05) is 10.6 Å². The molecule has 0 aliphatic heterocycles. The van der Waals surface area contributed by atoms with E-state index >= 15 is 0 Å². The molecule has 0 aromatic heterocycles. The van der Waals surface area contributed by atoms with Gasteiger partial charge in [-0.3, -0.25) is 9.10 Å². The Hall–Kier alpha value is -2.87. The van der Waals surface area contributed by atoms with Crippen LogP contribution >= 0.6 is 23.2 Å². The lowest BCUT2D eigenvalue weighted by Crippen LogP contribution is -2.29. The zero-order valence-electron chi connectivity index (χ0n) is 16.5. The summed E-state index contributed by atoms with van der Waals surface area (Å²) in [4.78, 5) is 12.3. The van der Waals surface area contributed by atoms with Crippen molar-refractivity contribution in [2.24, 2.45) is 5.10 Å². The van der Waals surface area contributed by atoms with Gasteiger partial charge in [-0.1, -0.05) is 47.5 Å². The number of hydrogen-bond acceptors (Lipinski definition) is 4. The molecule has 3 aromatic carbocycles. The molecule has 0 fully saturated rings. The van der Waals surface area contributed by atoms with Gasteiger partial charge in [-0.25, -0.2) is 13.8 Å². The number of rotatable bonds is 7. The minimum absolute atomic E-state index is 0.144. The predicted molar refractivity (Wildman–Crippen MR) is 125 cm³/mol. The monoisotopic (exact) mass is 475 g/mol. The van der Waals surface area contributed by atoms with Crippen molar-refractivity contribution in [1.82, 2.24) is 5.43 Å². The molecule has 160 valence electrons. The molecule has 31 heavy (non-hydrogen) atoms. The van der Waals surface area contributed by atoms with E-state index in [2.05, 4.69) is 10.5 Å². The second-order valence-corrected chi connectivity index (χ2v) is 9.48. The Balaban J connectivity index is 1.71. The summed E-state index contributed by atoms with van der Waals surface area (Å²) in [5.41, 5.74) is 4.74. The highest BCUT2D eigenvalue weighted by Gasteiger charge is 2.18. The third-order valence-corrected chi connectivity index (χ3v) is 5.91. The fourth-order valence-electron chi connectivity index (χ4n) is 2.75. The van der Waals surface area contributed by atoms with Crippen molar-refractivity contribution in [2.45, 2.75) is 6.54 Å². The van der Waals surface area contributed by atoms with E-state index in [1.54, 1.807) is 72.8 Å². The van der Waals surface area contributed by atoms with Gasteiger partial charge in [-0.15, -0.1) is 0 Å². The van der Waals surface area contributed by atoms with Gasteiger partial charge in [0.05, 0.1) is 24.7 Å². The number of benzene rings is 3. The number of carbonyl (C=O) groups is 1. The third-order valence-electron chi connectivity index (χ3n) is 4.29. The highest BCUT2D eigenvalue weighted by molar-refractivity contribution is 7.92. The van der Waals surface area contributed by atoms with E-state index < -0.39 is 15.9 Å². The van der Waals surface area contributed by atoms with Crippen LogP contribution in [0.15, 0.2) is 77.9 Å². The molecule has 9 heteroatoms. The molecule has 0 heterocycles. The zero-order valence-corrected chi connectivity index (χ0v) is 18.8. The Morgan fingerprint density at radius 1 is 1.00 bits per heavy atom. The normalized spacial score (nSPS) is 11.5. The van der Waals surface area contributed by atoms with Crippen molar-refractivity contribution in [3.63, 3.8) is 0 Å². The van der Waals surface area contributed by atoms with Crippen LogP contribution in [-0.2, 0) is 16.6 Å². The lowest BCUT2D eigenvalue weighted by molar-refractivity contribution is 0.0955. The topological polar surface area (TPSA) is 78.8 Å². The number of nitrogens with zero attached hydrogens (tertiary/aromatic N) is 2. The van der Waals surface area contributed by atoms with Crippen LogP contribution < -0.4 is 9.73 Å². The maximum atomic E-state index is 12.3. The van der Waals surface area contributed by atoms with Crippen LogP contribution in [0.2, 0.25) is 10.0 Å². The minimum Gasteiger partial charge on any atom is -0.267 e. The van der Waals surface area contributed by atoms with Crippen LogP contribution in [0.5, 0.6) is 0 Å². The zero-order chi connectivity index (χ0) is 22.4. The minimum atomic E-state index is -3.54. The molecule has 0 aliphatic carbocycles.